The van der Waals surface area contributed by atoms with Crippen LogP contribution >= 0.6 is 0 Å². The molecule has 1 aliphatic rings. The largest absolute Gasteiger partial charge is 0.497 e. The normalized spacial score (nSPS) is 19.5. The maximum Gasteiger partial charge on any atom is 0.261 e. The number of aliphatic hydroxyl groups is 1. The van der Waals surface area contributed by atoms with Crippen LogP contribution in [0, 0.1) is 0 Å². The van der Waals surface area contributed by atoms with Gasteiger partial charge in [-0.2, -0.15) is 0 Å². The number of hydrogen-bond donors (Lipinski definition) is 2. The highest BCUT2D eigenvalue weighted by Gasteiger charge is 2.46. The molecule has 0 fully saturated rings. The maximum absolute atomic E-state index is 12.4. The molecule has 0 radical (unpaired) electrons. The second-order valence-electron chi connectivity index (χ2n) is 5.19. The van der Waals surface area contributed by atoms with E-state index in [2.05, 4.69) is 5.32 Å². The Hall–Kier alpha value is -2.66. The van der Waals surface area contributed by atoms with Crippen molar-refractivity contribution >= 4 is 17.4 Å². The van der Waals surface area contributed by atoms with Gasteiger partial charge in [0.15, 0.2) is 11.4 Å². The summed E-state index contributed by atoms with van der Waals surface area (Å²) < 4.78 is 5.04. The number of ketones is 1. The second-order valence-corrected chi connectivity index (χ2v) is 5.19. The molecule has 0 unspecified atom stereocenters. The van der Waals surface area contributed by atoms with Crippen LogP contribution in [0.5, 0.6) is 5.75 Å². The zero-order valence-corrected chi connectivity index (χ0v) is 12.0. The van der Waals surface area contributed by atoms with Gasteiger partial charge in [0.2, 0.25) is 0 Å². The van der Waals surface area contributed by atoms with Crippen LogP contribution in [0.1, 0.15) is 22.3 Å². The van der Waals surface area contributed by atoms with Crippen LogP contribution in [-0.4, -0.2) is 23.9 Å². The topological polar surface area (TPSA) is 75.6 Å². The lowest BCUT2D eigenvalue weighted by Gasteiger charge is -2.20. The predicted octanol–water partition coefficient (Wildman–Crippen LogP) is 2.11. The number of rotatable bonds is 4. The van der Waals surface area contributed by atoms with Gasteiger partial charge in [0.1, 0.15) is 5.75 Å². The minimum atomic E-state index is -1.83. The number of nitrogens with one attached hydrogen (secondary N) is 1. The zero-order chi connectivity index (χ0) is 15.7. The van der Waals surface area contributed by atoms with Gasteiger partial charge in [-0.05, 0) is 30.3 Å². The Kier molecular flexibility index (Phi) is 3.42. The molecule has 3 rings (SSSR count). The van der Waals surface area contributed by atoms with Crippen LogP contribution in [0.15, 0.2) is 48.5 Å². The number of benzene rings is 2. The minimum Gasteiger partial charge on any atom is -0.497 e. The quantitative estimate of drug-likeness (QED) is 0.848. The lowest BCUT2D eigenvalue weighted by Crippen LogP contribution is -2.36. The van der Waals surface area contributed by atoms with Gasteiger partial charge in [0.05, 0.1) is 13.5 Å². The summed E-state index contributed by atoms with van der Waals surface area (Å²) in [5.41, 5.74) is -0.432. The molecule has 1 amide bonds. The molecule has 5 nitrogen and oxygen atoms in total. The van der Waals surface area contributed by atoms with Gasteiger partial charge in [-0.15, -0.1) is 0 Å². The standard InChI is InChI=1S/C17H15NO4/c1-22-12-8-6-11(7-9-12)15(19)10-17(21)13-4-2-3-5-14(13)18-16(17)20/h2-9,21H,10H2,1H3,(H,18,20)/t17-/m0/s1. The van der Waals surface area contributed by atoms with Crippen molar-refractivity contribution < 1.29 is 19.4 Å². The van der Waals surface area contributed by atoms with E-state index in [4.69, 9.17) is 4.74 Å². The molecule has 0 bridgehead atoms. The number of para-hydroxylation sites is 1. The number of ether oxygens (including phenoxy) is 1. The number of anilines is 1. The van der Waals surface area contributed by atoms with E-state index >= 15 is 0 Å². The van der Waals surface area contributed by atoms with E-state index in [-0.39, 0.29) is 12.2 Å². The number of carbonyl (C=O) groups excluding carboxylic acids is 2. The molecule has 2 N–H and O–H groups in total. The number of carbonyl (C=O) groups is 2. The van der Waals surface area contributed by atoms with Gasteiger partial charge in [-0.25, -0.2) is 0 Å². The van der Waals surface area contributed by atoms with E-state index in [1.54, 1.807) is 55.6 Å². The minimum absolute atomic E-state index is 0.303. The number of fused-ring (bicyclic) bond motifs is 1. The first-order valence-corrected chi connectivity index (χ1v) is 6.85. The first kappa shape index (κ1) is 14.3. The Labute approximate surface area is 127 Å². The summed E-state index contributed by atoms with van der Waals surface area (Å²) in [5, 5.41) is 13.3. The Morgan fingerprint density at radius 3 is 2.55 bits per heavy atom. The number of amides is 1. The third kappa shape index (κ3) is 2.25. The molecule has 1 aliphatic heterocycles. The van der Waals surface area contributed by atoms with Crippen molar-refractivity contribution in [3.8, 4) is 5.75 Å². The van der Waals surface area contributed by atoms with Gasteiger partial charge < -0.3 is 15.2 Å². The van der Waals surface area contributed by atoms with Crippen molar-refractivity contribution in [2.45, 2.75) is 12.0 Å². The fraction of sp³-hybridized carbons (Fsp3) is 0.176. The Balaban J connectivity index is 1.88. The van der Waals surface area contributed by atoms with Crippen molar-refractivity contribution in [2.24, 2.45) is 0 Å². The van der Waals surface area contributed by atoms with Crippen molar-refractivity contribution in [3.05, 3.63) is 59.7 Å². The third-order valence-corrected chi connectivity index (χ3v) is 3.82. The van der Waals surface area contributed by atoms with Crippen LogP contribution < -0.4 is 10.1 Å². The molecule has 2 aromatic carbocycles. The molecule has 5 heteroatoms. The first-order chi connectivity index (χ1) is 10.5. The van der Waals surface area contributed by atoms with E-state index in [9.17, 15) is 14.7 Å². The first-order valence-electron chi connectivity index (χ1n) is 6.85. The number of Topliss-reactive ketones (excluding diaryl/α,β-unsaturated/α-hetero) is 1. The molecule has 0 aliphatic carbocycles. The van der Waals surface area contributed by atoms with E-state index < -0.39 is 11.5 Å². The van der Waals surface area contributed by atoms with E-state index in [1.807, 2.05) is 0 Å². The number of methoxy groups -OCH3 is 1. The average Bonchev–Trinajstić information content (AvgIpc) is 2.79. The summed E-state index contributed by atoms with van der Waals surface area (Å²) in [4.78, 5) is 24.5. The van der Waals surface area contributed by atoms with Crippen LogP contribution in [0.25, 0.3) is 0 Å². The van der Waals surface area contributed by atoms with Gasteiger partial charge in [-0.3, -0.25) is 9.59 Å². The van der Waals surface area contributed by atoms with Crippen molar-refractivity contribution in [1.29, 1.82) is 0 Å². The molecule has 0 saturated heterocycles. The fourth-order valence-corrected chi connectivity index (χ4v) is 2.59. The summed E-state index contributed by atoms with van der Waals surface area (Å²) in [6.07, 6.45) is -0.303. The van der Waals surface area contributed by atoms with Crippen LogP contribution in [0.4, 0.5) is 5.69 Å². The molecular formula is C17H15NO4. The van der Waals surface area contributed by atoms with Gasteiger partial charge in [0.25, 0.3) is 5.91 Å². The van der Waals surface area contributed by atoms with E-state index in [0.717, 1.165) is 0 Å². The maximum atomic E-state index is 12.4. The summed E-state index contributed by atoms with van der Waals surface area (Å²) in [6.45, 7) is 0. The van der Waals surface area contributed by atoms with Crippen molar-refractivity contribution in [1.82, 2.24) is 0 Å². The lowest BCUT2D eigenvalue weighted by atomic mass is 9.88. The molecule has 22 heavy (non-hydrogen) atoms. The SMILES string of the molecule is COc1ccc(C(=O)C[C@@]2(O)C(=O)Nc3ccccc32)cc1. The lowest BCUT2D eigenvalue weighted by molar-refractivity contribution is -0.133. The Morgan fingerprint density at radius 2 is 1.86 bits per heavy atom. The molecule has 0 spiro atoms. The molecule has 2 aromatic rings. The second kappa shape index (κ2) is 5.27. The predicted molar refractivity (Wildman–Crippen MR) is 80.9 cm³/mol. The van der Waals surface area contributed by atoms with Crippen molar-refractivity contribution in [3.63, 3.8) is 0 Å². The molecule has 1 atom stereocenters. The zero-order valence-electron chi connectivity index (χ0n) is 12.0. The highest BCUT2D eigenvalue weighted by Crippen LogP contribution is 2.38. The monoisotopic (exact) mass is 297 g/mol. The average molecular weight is 297 g/mol. The van der Waals surface area contributed by atoms with Crippen LogP contribution in [-0.2, 0) is 10.4 Å². The molecule has 1 heterocycles. The third-order valence-electron chi connectivity index (χ3n) is 3.82. The molecule has 0 aromatic heterocycles. The highest BCUT2D eigenvalue weighted by atomic mass is 16.5. The van der Waals surface area contributed by atoms with Gasteiger partial charge >= 0.3 is 0 Å². The molecular weight excluding hydrogens is 282 g/mol. The van der Waals surface area contributed by atoms with Crippen molar-refractivity contribution in [2.75, 3.05) is 12.4 Å². The Morgan fingerprint density at radius 1 is 1.18 bits per heavy atom. The van der Waals surface area contributed by atoms with Crippen LogP contribution in [0.2, 0.25) is 0 Å². The highest BCUT2D eigenvalue weighted by molar-refractivity contribution is 6.09. The van der Waals surface area contributed by atoms with Crippen LogP contribution in [0.3, 0.4) is 0 Å². The summed E-state index contributed by atoms with van der Waals surface area (Å²) in [6, 6.07) is 13.4. The molecule has 112 valence electrons. The summed E-state index contributed by atoms with van der Waals surface area (Å²) in [5.74, 6) is -0.244. The molecule has 0 saturated carbocycles. The van der Waals surface area contributed by atoms with Gasteiger partial charge in [0, 0.05) is 16.8 Å². The smallest absolute Gasteiger partial charge is 0.261 e. The van der Waals surface area contributed by atoms with Gasteiger partial charge in [-0.1, -0.05) is 18.2 Å². The summed E-state index contributed by atoms with van der Waals surface area (Å²) >= 11 is 0. The van der Waals surface area contributed by atoms with E-state index in [1.165, 1.54) is 0 Å². The Bertz CT molecular complexity index is 739. The van der Waals surface area contributed by atoms with E-state index in [0.29, 0.717) is 22.6 Å². The summed E-state index contributed by atoms with van der Waals surface area (Å²) in [7, 11) is 1.54. The number of hydrogen-bond acceptors (Lipinski definition) is 4. The fourth-order valence-electron chi connectivity index (χ4n) is 2.59.